The molecule has 1 heterocycles. The van der Waals surface area contributed by atoms with Crippen molar-refractivity contribution in [2.45, 2.75) is 37.1 Å². The second-order valence-electron chi connectivity index (χ2n) is 7.87. The van der Waals surface area contributed by atoms with Crippen LogP contribution in [0.25, 0.3) is 0 Å². The SMILES string of the molecule is O=CNc1ccc(C2(C(=O)N[C@H](CN3CCCC3)c3ccccc3)CC2)cc1.S. The fraction of sp³-hybridized carbons (Fsp3) is 0.391. The monoisotopic (exact) mass is 411 g/mol. The van der Waals surface area contributed by atoms with Gasteiger partial charge in [0, 0.05) is 12.2 Å². The van der Waals surface area contributed by atoms with Gasteiger partial charge in [0.2, 0.25) is 12.3 Å². The highest BCUT2D eigenvalue weighted by Gasteiger charge is 2.51. The van der Waals surface area contributed by atoms with Gasteiger partial charge in [0.05, 0.1) is 11.5 Å². The van der Waals surface area contributed by atoms with Gasteiger partial charge < -0.3 is 15.5 Å². The Morgan fingerprint density at radius 1 is 1.03 bits per heavy atom. The second kappa shape index (κ2) is 9.46. The van der Waals surface area contributed by atoms with Gasteiger partial charge in [-0.2, -0.15) is 13.5 Å². The van der Waals surface area contributed by atoms with Gasteiger partial charge in [-0.15, -0.1) is 0 Å². The number of hydrogen-bond donors (Lipinski definition) is 2. The largest absolute Gasteiger partial charge is 0.347 e. The molecule has 1 aliphatic heterocycles. The molecule has 2 aromatic rings. The van der Waals surface area contributed by atoms with Crippen LogP contribution in [-0.2, 0) is 15.0 Å². The fourth-order valence-corrected chi connectivity index (χ4v) is 4.16. The van der Waals surface area contributed by atoms with E-state index in [9.17, 15) is 9.59 Å². The summed E-state index contributed by atoms with van der Waals surface area (Å²) in [5, 5.41) is 5.99. The molecule has 5 nitrogen and oxygen atoms in total. The van der Waals surface area contributed by atoms with Crippen LogP contribution >= 0.6 is 13.5 Å². The molecular weight excluding hydrogens is 382 g/mol. The lowest BCUT2D eigenvalue weighted by Crippen LogP contribution is -2.41. The van der Waals surface area contributed by atoms with E-state index in [1.807, 2.05) is 42.5 Å². The molecular formula is C23H29N3O2S. The van der Waals surface area contributed by atoms with E-state index in [-0.39, 0.29) is 25.4 Å². The third-order valence-corrected chi connectivity index (χ3v) is 5.99. The number of nitrogens with zero attached hydrogens (tertiary/aromatic N) is 1. The lowest BCUT2D eigenvalue weighted by molar-refractivity contribution is -0.124. The Morgan fingerprint density at radius 3 is 2.28 bits per heavy atom. The summed E-state index contributed by atoms with van der Waals surface area (Å²) >= 11 is 0. The van der Waals surface area contributed by atoms with Crippen LogP contribution in [-0.4, -0.2) is 36.9 Å². The van der Waals surface area contributed by atoms with Crippen LogP contribution in [0.1, 0.15) is 42.9 Å². The minimum absolute atomic E-state index is 0. The topological polar surface area (TPSA) is 61.4 Å². The molecule has 29 heavy (non-hydrogen) atoms. The molecule has 0 radical (unpaired) electrons. The molecule has 1 atom stereocenters. The first-order valence-corrected chi connectivity index (χ1v) is 10.1. The lowest BCUT2D eigenvalue weighted by atomic mass is 9.93. The highest BCUT2D eigenvalue weighted by Crippen LogP contribution is 2.49. The Hall–Kier alpha value is -2.31. The summed E-state index contributed by atoms with van der Waals surface area (Å²) in [6, 6.07) is 17.9. The van der Waals surface area contributed by atoms with Crippen molar-refractivity contribution in [3.63, 3.8) is 0 Å². The van der Waals surface area contributed by atoms with E-state index in [0.29, 0.717) is 6.41 Å². The summed E-state index contributed by atoms with van der Waals surface area (Å²) in [7, 11) is 0. The molecule has 0 bridgehead atoms. The molecule has 2 amide bonds. The van der Waals surface area contributed by atoms with Crippen molar-refractivity contribution < 1.29 is 9.59 Å². The molecule has 2 fully saturated rings. The number of hydrogen-bond acceptors (Lipinski definition) is 3. The quantitative estimate of drug-likeness (QED) is 0.655. The zero-order chi connectivity index (χ0) is 19.4. The van der Waals surface area contributed by atoms with Crippen molar-refractivity contribution in [1.29, 1.82) is 0 Å². The summed E-state index contributed by atoms with van der Waals surface area (Å²) in [5.41, 5.74) is 2.49. The molecule has 1 saturated carbocycles. The first-order chi connectivity index (χ1) is 13.7. The molecule has 1 saturated heterocycles. The molecule has 6 heteroatoms. The maximum Gasteiger partial charge on any atom is 0.231 e. The lowest BCUT2D eigenvalue weighted by Gasteiger charge is -2.27. The van der Waals surface area contributed by atoms with Gasteiger partial charge in [-0.05, 0) is 62.0 Å². The van der Waals surface area contributed by atoms with Gasteiger partial charge >= 0.3 is 0 Å². The summed E-state index contributed by atoms with van der Waals surface area (Å²) < 4.78 is 0. The molecule has 2 N–H and O–H groups in total. The van der Waals surface area contributed by atoms with E-state index >= 15 is 0 Å². The normalized spacial score (nSPS) is 18.3. The van der Waals surface area contributed by atoms with E-state index in [1.54, 1.807) is 0 Å². The van der Waals surface area contributed by atoms with Crippen LogP contribution < -0.4 is 10.6 Å². The van der Waals surface area contributed by atoms with Crippen molar-refractivity contribution >= 4 is 31.5 Å². The van der Waals surface area contributed by atoms with Gasteiger partial charge in [-0.3, -0.25) is 9.59 Å². The van der Waals surface area contributed by atoms with Crippen LogP contribution in [0.5, 0.6) is 0 Å². The minimum atomic E-state index is -0.433. The van der Waals surface area contributed by atoms with E-state index in [1.165, 1.54) is 12.8 Å². The average Bonchev–Trinajstić information content (AvgIpc) is 3.39. The zero-order valence-corrected chi connectivity index (χ0v) is 17.6. The van der Waals surface area contributed by atoms with Crippen LogP contribution in [0.3, 0.4) is 0 Å². The Morgan fingerprint density at radius 2 is 1.69 bits per heavy atom. The molecule has 0 aromatic heterocycles. The first kappa shape index (κ1) is 21.4. The van der Waals surface area contributed by atoms with Crippen molar-refractivity contribution in [3.8, 4) is 0 Å². The van der Waals surface area contributed by atoms with Gasteiger partial charge in [-0.1, -0.05) is 42.5 Å². The molecule has 4 rings (SSSR count). The smallest absolute Gasteiger partial charge is 0.231 e. The molecule has 0 spiro atoms. The maximum absolute atomic E-state index is 13.3. The van der Waals surface area contributed by atoms with Gasteiger partial charge in [0.15, 0.2) is 0 Å². The Balaban J connectivity index is 0.00000240. The number of carbonyl (C=O) groups excluding carboxylic acids is 2. The molecule has 154 valence electrons. The van der Waals surface area contributed by atoms with Gasteiger partial charge in [0.25, 0.3) is 0 Å². The second-order valence-corrected chi connectivity index (χ2v) is 7.87. The third kappa shape index (κ3) is 4.82. The van der Waals surface area contributed by atoms with E-state index < -0.39 is 5.41 Å². The summed E-state index contributed by atoms with van der Waals surface area (Å²) in [6.45, 7) is 3.07. The van der Waals surface area contributed by atoms with Crippen molar-refractivity contribution in [2.24, 2.45) is 0 Å². The Kier molecular flexibility index (Phi) is 6.98. The number of anilines is 1. The number of carbonyl (C=O) groups is 2. The number of likely N-dealkylation sites (tertiary alicyclic amines) is 1. The van der Waals surface area contributed by atoms with Gasteiger partial charge in [0.1, 0.15) is 0 Å². The van der Waals surface area contributed by atoms with Crippen LogP contribution in [0.2, 0.25) is 0 Å². The average molecular weight is 412 g/mol. The summed E-state index contributed by atoms with van der Waals surface area (Å²) in [5.74, 6) is 0.108. The third-order valence-electron chi connectivity index (χ3n) is 5.99. The number of benzene rings is 2. The Labute approximate surface area is 179 Å². The van der Waals surface area contributed by atoms with Crippen LogP contribution in [0.4, 0.5) is 5.69 Å². The molecule has 1 aliphatic carbocycles. The number of rotatable bonds is 8. The highest BCUT2D eigenvalue weighted by molar-refractivity contribution is 7.59. The van der Waals surface area contributed by atoms with Crippen molar-refractivity contribution in [2.75, 3.05) is 25.0 Å². The van der Waals surface area contributed by atoms with Crippen molar-refractivity contribution in [1.82, 2.24) is 10.2 Å². The van der Waals surface area contributed by atoms with E-state index in [2.05, 4.69) is 27.7 Å². The zero-order valence-electron chi connectivity index (χ0n) is 16.6. The van der Waals surface area contributed by atoms with E-state index in [0.717, 1.165) is 49.3 Å². The van der Waals surface area contributed by atoms with Crippen LogP contribution in [0.15, 0.2) is 54.6 Å². The highest BCUT2D eigenvalue weighted by atomic mass is 32.1. The number of nitrogens with one attached hydrogen (secondary N) is 2. The first-order valence-electron chi connectivity index (χ1n) is 10.1. The predicted octanol–water partition coefficient (Wildman–Crippen LogP) is 3.35. The van der Waals surface area contributed by atoms with Crippen molar-refractivity contribution in [3.05, 3.63) is 65.7 Å². The predicted molar refractivity (Wildman–Crippen MR) is 120 cm³/mol. The molecule has 2 aromatic carbocycles. The number of amides is 2. The standard InChI is InChI=1S/C23H27N3O2.H2S/c27-17-24-20-10-8-19(9-11-20)23(12-13-23)22(28)25-21(16-26-14-4-5-15-26)18-6-2-1-3-7-18;/h1-3,6-11,17,21H,4-5,12-16H2,(H,24,27)(H,25,28);1H2/t21-;/m1./s1. The summed E-state index contributed by atoms with van der Waals surface area (Å²) in [6.07, 6.45) is 4.87. The fourth-order valence-electron chi connectivity index (χ4n) is 4.16. The van der Waals surface area contributed by atoms with Crippen LogP contribution in [0, 0.1) is 0 Å². The van der Waals surface area contributed by atoms with E-state index in [4.69, 9.17) is 0 Å². The maximum atomic E-state index is 13.3. The molecule has 2 aliphatic rings. The molecule has 0 unspecified atom stereocenters. The van der Waals surface area contributed by atoms with Gasteiger partial charge in [-0.25, -0.2) is 0 Å². The minimum Gasteiger partial charge on any atom is -0.347 e. The summed E-state index contributed by atoms with van der Waals surface area (Å²) in [4.78, 5) is 26.3. The Bertz CT molecular complexity index is 816.